The van der Waals surface area contributed by atoms with E-state index < -0.39 is 0 Å². The fourth-order valence-electron chi connectivity index (χ4n) is 1.90. The maximum atomic E-state index is 10.9. The van der Waals surface area contributed by atoms with Crippen LogP contribution in [-0.2, 0) is 9.53 Å². The van der Waals surface area contributed by atoms with Crippen molar-refractivity contribution in [2.45, 2.75) is 38.5 Å². The molecule has 4 nitrogen and oxygen atoms in total. The highest BCUT2D eigenvalue weighted by Gasteiger charge is 2.21. The van der Waals surface area contributed by atoms with E-state index in [0.29, 0.717) is 6.42 Å². The molecule has 1 aliphatic carbocycles. The third kappa shape index (κ3) is 3.01. The fraction of sp³-hybridized carbons (Fsp3) is 0.800. The molecule has 0 aliphatic heterocycles. The Morgan fingerprint density at radius 3 is 3.07 bits per heavy atom. The minimum Gasteiger partial charge on any atom is -0.469 e. The number of carbonyl (C=O) groups is 1. The summed E-state index contributed by atoms with van der Waals surface area (Å²) in [6, 6.07) is 0. The molecule has 1 saturated carbocycles. The molecule has 0 saturated heterocycles. The van der Waals surface area contributed by atoms with Gasteiger partial charge in [-0.1, -0.05) is 11.6 Å². The zero-order valence-corrected chi connectivity index (χ0v) is 8.53. The van der Waals surface area contributed by atoms with E-state index in [9.17, 15) is 4.79 Å². The maximum absolute atomic E-state index is 10.9. The molecular weight excluding hydrogens is 182 g/mol. The lowest BCUT2D eigenvalue weighted by Crippen LogP contribution is -2.20. The summed E-state index contributed by atoms with van der Waals surface area (Å²) >= 11 is 0. The second-order valence-corrected chi connectivity index (χ2v) is 3.65. The first-order valence-corrected chi connectivity index (χ1v) is 5.05. The summed E-state index contributed by atoms with van der Waals surface area (Å²) in [4.78, 5) is 10.9. The summed E-state index contributed by atoms with van der Waals surface area (Å²) in [5.74, 6) is 0.0840. The molecule has 1 fully saturated rings. The van der Waals surface area contributed by atoms with Crippen molar-refractivity contribution >= 4 is 11.7 Å². The second kappa shape index (κ2) is 5.62. The van der Waals surface area contributed by atoms with Gasteiger partial charge in [-0.25, -0.2) is 0 Å². The largest absolute Gasteiger partial charge is 0.469 e. The number of methoxy groups -OCH3 is 1. The standard InChI is InChI=1S/C10H17NO3/c1-14-10(12)7-6-8-4-2-3-5-9(8)11-13/h8,13H,2-7H2,1H3/b11-9-/t8-/m1/s1. The molecule has 0 aromatic carbocycles. The molecule has 1 atom stereocenters. The molecule has 0 spiro atoms. The monoisotopic (exact) mass is 199 g/mol. The Balaban J connectivity index is 2.37. The molecule has 0 unspecified atom stereocenters. The Hall–Kier alpha value is -1.06. The van der Waals surface area contributed by atoms with Crippen molar-refractivity contribution in [3.05, 3.63) is 0 Å². The molecule has 1 rings (SSSR count). The van der Waals surface area contributed by atoms with Crippen LogP contribution in [0.15, 0.2) is 5.16 Å². The van der Waals surface area contributed by atoms with Crippen LogP contribution in [0.2, 0.25) is 0 Å². The molecule has 0 aromatic heterocycles. The van der Waals surface area contributed by atoms with Crippen molar-refractivity contribution in [3.8, 4) is 0 Å². The van der Waals surface area contributed by atoms with Gasteiger partial charge in [0.25, 0.3) is 0 Å². The van der Waals surface area contributed by atoms with Crippen molar-refractivity contribution in [2.24, 2.45) is 11.1 Å². The number of esters is 1. The van der Waals surface area contributed by atoms with Gasteiger partial charge < -0.3 is 9.94 Å². The van der Waals surface area contributed by atoms with E-state index in [4.69, 9.17) is 5.21 Å². The molecule has 0 aromatic rings. The Morgan fingerprint density at radius 2 is 2.43 bits per heavy atom. The van der Waals surface area contributed by atoms with Gasteiger partial charge in [0.2, 0.25) is 0 Å². The third-order valence-electron chi connectivity index (χ3n) is 2.76. The summed E-state index contributed by atoms with van der Waals surface area (Å²) in [7, 11) is 1.39. The van der Waals surface area contributed by atoms with Gasteiger partial charge in [0.15, 0.2) is 0 Å². The molecule has 0 bridgehead atoms. The summed E-state index contributed by atoms with van der Waals surface area (Å²) in [5, 5.41) is 12.1. The normalized spacial score (nSPS) is 24.9. The van der Waals surface area contributed by atoms with Gasteiger partial charge in [-0.3, -0.25) is 4.79 Å². The smallest absolute Gasteiger partial charge is 0.305 e. The number of oxime groups is 1. The average Bonchev–Trinajstić information content (AvgIpc) is 2.26. The fourth-order valence-corrected chi connectivity index (χ4v) is 1.90. The summed E-state index contributed by atoms with van der Waals surface area (Å²) < 4.78 is 4.57. The van der Waals surface area contributed by atoms with Crippen molar-refractivity contribution in [3.63, 3.8) is 0 Å². The van der Waals surface area contributed by atoms with E-state index in [2.05, 4.69) is 9.89 Å². The number of ether oxygens (including phenoxy) is 1. The first-order chi connectivity index (χ1) is 6.77. The van der Waals surface area contributed by atoms with Crippen molar-refractivity contribution in [2.75, 3.05) is 7.11 Å². The van der Waals surface area contributed by atoms with Crippen LogP contribution >= 0.6 is 0 Å². The van der Waals surface area contributed by atoms with Crippen molar-refractivity contribution in [1.82, 2.24) is 0 Å². The van der Waals surface area contributed by atoms with Gasteiger partial charge in [0.05, 0.1) is 12.8 Å². The van der Waals surface area contributed by atoms with Crippen molar-refractivity contribution < 1.29 is 14.7 Å². The Morgan fingerprint density at radius 1 is 1.64 bits per heavy atom. The van der Waals surface area contributed by atoms with Gasteiger partial charge in [-0.15, -0.1) is 0 Å². The third-order valence-corrected chi connectivity index (χ3v) is 2.76. The predicted octanol–water partition coefficient (Wildman–Crippen LogP) is 1.96. The van der Waals surface area contributed by atoms with E-state index in [1.165, 1.54) is 7.11 Å². The lowest BCUT2D eigenvalue weighted by atomic mass is 9.84. The molecule has 4 heteroatoms. The van der Waals surface area contributed by atoms with Gasteiger partial charge in [0.1, 0.15) is 0 Å². The van der Waals surface area contributed by atoms with E-state index >= 15 is 0 Å². The van der Waals surface area contributed by atoms with Crippen LogP contribution in [0.3, 0.4) is 0 Å². The maximum Gasteiger partial charge on any atom is 0.305 e. The van der Waals surface area contributed by atoms with Gasteiger partial charge >= 0.3 is 5.97 Å². The highest BCUT2D eigenvalue weighted by atomic mass is 16.5. The van der Waals surface area contributed by atoms with Crippen LogP contribution in [0.1, 0.15) is 38.5 Å². The number of nitrogens with zero attached hydrogens (tertiary/aromatic N) is 1. The Bertz CT molecular complexity index is 225. The van der Waals surface area contributed by atoms with Crippen LogP contribution in [0.4, 0.5) is 0 Å². The molecule has 0 heterocycles. The highest BCUT2D eigenvalue weighted by molar-refractivity contribution is 5.87. The van der Waals surface area contributed by atoms with Crippen LogP contribution in [0, 0.1) is 5.92 Å². The predicted molar refractivity (Wildman–Crippen MR) is 52.4 cm³/mol. The van der Waals surface area contributed by atoms with E-state index in [1.807, 2.05) is 0 Å². The number of carbonyl (C=O) groups excluding carboxylic acids is 1. The van der Waals surface area contributed by atoms with Crippen LogP contribution < -0.4 is 0 Å². The van der Waals surface area contributed by atoms with Crippen LogP contribution in [0.5, 0.6) is 0 Å². The van der Waals surface area contributed by atoms with E-state index in [-0.39, 0.29) is 11.9 Å². The molecule has 1 N–H and O–H groups in total. The van der Waals surface area contributed by atoms with Crippen LogP contribution in [0.25, 0.3) is 0 Å². The average molecular weight is 199 g/mol. The number of hydrogen-bond donors (Lipinski definition) is 1. The Labute approximate surface area is 83.9 Å². The second-order valence-electron chi connectivity index (χ2n) is 3.65. The number of rotatable bonds is 3. The minimum atomic E-state index is -0.187. The number of hydrogen-bond acceptors (Lipinski definition) is 4. The zero-order valence-electron chi connectivity index (χ0n) is 8.53. The highest BCUT2D eigenvalue weighted by Crippen LogP contribution is 2.25. The summed E-state index contributed by atoms with van der Waals surface area (Å²) in [5.41, 5.74) is 0.847. The molecule has 0 radical (unpaired) electrons. The van der Waals surface area contributed by atoms with Gasteiger partial charge in [-0.2, -0.15) is 0 Å². The van der Waals surface area contributed by atoms with E-state index in [0.717, 1.165) is 37.8 Å². The van der Waals surface area contributed by atoms with Gasteiger partial charge in [-0.05, 0) is 25.7 Å². The molecule has 14 heavy (non-hydrogen) atoms. The topological polar surface area (TPSA) is 58.9 Å². The SMILES string of the molecule is COC(=O)CC[C@H]1CCCC/C1=N/O. The molecule has 80 valence electrons. The Kier molecular flexibility index (Phi) is 4.43. The first kappa shape index (κ1) is 11.0. The van der Waals surface area contributed by atoms with Gasteiger partial charge in [0, 0.05) is 12.3 Å². The minimum absolute atomic E-state index is 0.187. The van der Waals surface area contributed by atoms with E-state index in [1.54, 1.807) is 0 Å². The van der Waals surface area contributed by atoms with Crippen LogP contribution in [-0.4, -0.2) is 24.0 Å². The zero-order chi connectivity index (χ0) is 10.4. The first-order valence-electron chi connectivity index (χ1n) is 5.05. The molecule has 1 aliphatic rings. The molecule has 0 amide bonds. The summed E-state index contributed by atoms with van der Waals surface area (Å²) in [6.07, 6.45) is 5.30. The lowest BCUT2D eigenvalue weighted by Gasteiger charge is -2.22. The summed E-state index contributed by atoms with van der Waals surface area (Å²) in [6.45, 7) is 0. The quantitative estimate of drug-likeness (QED) is 0.429. The lowest BCUT2D eigenvalue weighted by molar-refractivity contribution is -0.140. The molecular formula is C10H17NO3. The van der Waals surface area contributed by atoms with Crippen molar-refractivity contribution in [1.29, 1.82) is 0 Å².